The molecule has 2 heterocycles. The van der Waals surface area contributed by atoms with Gasteiger partial charge in [-0.05, 0) is 87.6 Å². The summed E-state index contributed by atoms with van der Waals surface area (Å²) in [6.07, 6.45) is -3.15. The van der Waals surface area contributed by atoms with Crippen molar-refractivity contribution < 1.29 is 18.0 Å². The highest BCUT2D eigenvalue weighted by molar-refractivity contribution is 5.83. The third-order valence-corrected chi connectivity index (χ3v) is 7.36. The molecule has 0 fully saturated rings. The molecular formula is C33H30F3N7O2. The van der Waals surface area contributed by atoms with Gasteiger partial charge in [-0.15, -0.1) is 0 Å². The molecule has 9 nitrogen and oxygen atoms in total. The largest absolute Gasteiger partial charge is 0.416 e. The van der Waals surface area contributed by atoms with Crippen LogP contribution in [0.4, 0.5) is 18.0 Å². The third kappa shape index (κ3) is 6.30. The minimum Gasteiger partial charge on any atom is -0.331 e. The van der Waals surface area contributed by atoms with Gasteiger partial charge in [0.05, 0.1) is 52.2 Å². The number of amides is 1. The number of alkyl halides is 3. The number of nitriles is 1. The van der Waals surface area contributed by atoms with E-state index in [2.05, 4.69) is 16.5 Å². The second-order valence-corrected chi connectivity index (χ2v) is 10.9. The molecule has 0 aliphatic rings. The number of hydrogen-bond acceptors (Lipinski definition) is 5. The number of imidazole rings is 1. The van der Waals surface area contributed by atoms with E-state index in [1.54, 1.807) is 44.2 Å². The smallest absolute Gasteiger partial charge is 0.331 e. The molecule has 1 atom stereocenters. The van der Waals surface area contributed by atoms with Crippen LogP contribution in [-0.2, 0) is 12.7 Å². The zero-order chi connectivity index (χ0) is 32.5. The normalized spacial score (nSPS) is 12.2. The van der Waals surface area contributed by atoms with Crippen LogP contribution in [0.1, 0.15) is 40.9 Å². The predicted octanol–water partition coefficient (Wildman–Crippen LogP) is 6.07. The van der Waals surface area contributed by atoms with Gasteiger partial charge in [0.2, 0.25) is 0 Å². The van der Waals surface area contributed by atoms with Crippen LogP contribution in [0.2, 0.25) is 0 Å². The number of nitrogens with zero attached hydrogens (tertiary/aromatic N) is 6. The zero-order valence-electron chi connectivity index (χ0n) is 25.0. The fourth-order valence-corrected chi connectivity index (χ4v) is 5.20. The molecule has 5 aromatic rings. The molecule has 3 aromatic carbocycles. The monoisotopic (exact) mass is 613 g/mol. The lowest BCUT2D eigenvalue weighted by molar-refractivity contribution is -0.137. The lowest BCUT2D eigenvalue weighted by Crippen LogP contribution is -2.38. The van der Waals surface area contributed by atoms with Crippen LogP contribution >= 0.6 is 0 Å². The summed E-state index contributed by atoms with van der Waals surface area (Å²) < 4.78 is 44.3. The van der Waals surface area contributed by atoms with Crippen molar-refractivity contribution in [1.29, 1.82) is 5.26 Å². The fourth-order valence-electron chi connectivity index (χ4n) is 5.20. The Labute approximate surface area is 257 Å². The quantitative estimate of drug-likeness (QED) is 0.240. The molecule has 5 rings (SSSR count). The summed E-state index contributed by atoms with van der Waals surface area (Å²) in [5.74, 6) is 0. The zero-order valence-corrected chi connectivity index (χ0v) is 25.0. The second kappa shape index (κ2) is 12.3. The highest BCUT2D eigenvalue weighted by atomic mass is 19.4. The summed E-state index contributed by atoms with van der Waals surface area (Å²) in [5.41, 5.74) is 1.76. The number of benzene rings is 3. The molecule has 1 N–H and O–H groups in total. The molecule has 2 aromatic heterocycles. The van der Waals surface area contributed by atoms with Gasteiger partial charge in [0.15, 0.2) is 0 Å². The van der Waals surface area contributed by atoms with Crippen molar-refractivity contribution in [3.63, 3.8) is 0 Å². The first kappa shape index (κ1) is 31.0. The first-order valence-corrected chi connectivity index (χ1v) is 14.0. The van der Waals surface area contributed by atoms with Gasteiger partial charge in [0, 0.05) is 6.54 Å². The Balaban J connectivity index is 1.63. The SMILES string of the molecule is Cc1c(-c2ccnn2-c2ccc(C#N)cc2)n(C(=O)N[C@@H](C)c2ccc(CN(C)C)cc2)c(=O)n1-c1cccc(C(F)(F)F)c1. The number of carbonyl (C=O) groups is 1. The first-order valence-electron chi connectivity index (χ1n) is 14.0. The predicted molar refractivity (Wildman–Crippen MR) is 163 cm³/mol. The van der Waals surface area contributed by atoms with Crippen LogP contribution in [0, 0.1) is 18.3 Å². The van der Waals surface area contributed by atoms with E-state index >= 15 is 0 Å². The highest BCUT2D eigenvalue weighted by Gasteiger charge is 2.32. The van der Waals surface area contributed by atoms with Crippen molar-refractivity contribution in [2.45, 2.75) is 32.6 Å². The van der Waals surface area contributed by atoms with E-state index in [9.17, 15) is 28.0 Å². The average molecular weight is 614 g/mol. The van der Waals surface area contributed by atoms with Crippen molar-refractivity contribution in [2.24, 2.45) is 0 Å². The van der Waals surface area contributed by atoms with Crippen molar-refractivity contribution in [2.75, 3.05) is 14.1 Å². The number of aromatic nitrogens is 4. The Morgan fingerprint density at radius 2 is 1.71 bits per heavy atom. The van der Waals surface area contributed by atoms with Gasteiger partial charge in [-0.25, -0.2) is 18.8 Å². The number of carbonyl (C=O) groups excluding carboxylic acids is 1. The van der Waals surface area contributed by atoms with E-state index in [4.69, 9.17) is 0 Å². The lowest BCUT2D eigenvalue weighted by atomic mass is 10.1. The Morgan fingerprint density at radius 3 is 2.33 bits per heavy atom. The van der Waals surface area contributed by atoms with Gasteiger partial charge in [-0.1, -0.05) is 30.3 Å². The van der Waals surface area contributed by atoms with Crippen LogP contribution < -0.4 is 11.0 Å². The van der Waals surface area contributed by atoms with E-state index in [-0.39, 0.29) is 17.1 Å². The van der Waals surface area contributed by atoms with Crippen LogP contribution in [0.15, 0.2) is 89.9 Å². The van der Waals surface area contributed by atoms with Gasteiger partial charge < -0.3 is 10.2 Å². The van der Waals surface area contributed by atoms with E-state index in [0.29, 0.717) is 16.9 Å². The van der Waals surface area contributed by atoms with Crippen molar-refractivity contribution in [1.82, 2.24) is 29.1 Å². The van der Waals surface area contributed by atoms with Crippen molar-refractivity contribution >= 4 is 6.03 Å². The summed E-state index contributed by atoms with van der Waals surface area (Å²) in [6.45, 7) is 4.08. The molecule has 1 amide bonds. The second-order valence-electron chi connectivity index (χ2n) is 10.9. The lowest BCUT2D eigenvalue weighted by Gasteiger charge is -2.17. The standard InChI is InChI=1S/C33H30F3N7O2/c1-21(25-12-8-24(9-13-25)20-40(3)4)39-31(44)42-30(29-16-17-38-43(29)27-14-10-23(19-37)11-15-27)22(2)41(32(42)45)28-7-5-6-26(18-28)33(34,35)36/h5-18,21H,20H2,1-4H3,(H,39,44)/t21-/m0/s1. The molecule has 12 heteroatoms. The maximum absolute atomic E-state index is 14.0. The molecule has 0 spiro atoms. The maximum Gasteiger partial charge on any atom is 0.416 e. The number of rotatable bonds is 7. The van der Waals surface area contributed by atoms with Crippen LogP contribution in [-0.4, -0.2) is 43.9 Å². The Kier molecular flexibility index (Phi) is 8.48. The summed E-state index contributed by atoms with van der Waals surface area (Å²) in [6, 6.07) is 21.0. The molecule has 0 bridgehead atoms. The summed E-state index contributed by atoms with van der Waals surface area (Å²) >= 11 is 0. The minimum absolute atomic E-state index is 0.0471. The molecule has 0 aliphatic carbocycles. The van der Waals surface area contributed by atoms with Crippen molar-refractivity contribution in [3.8, 4) is 28.8 Å². The van der Waals surface area contributed by atoms with Crippen molar-refractivity contribution in [3.05, 3.63) is 123 Å². The molecular weight excluding hydrogens is 583 g/mol. The summed E-state index contributed by atoms with van der Waals surface area (Å²) in [7, 11) is 3.93. The molecule has 0 saturated carbocycles. The molecule has 0 saturated heterocycles. The first-order chi connectivity index (χ1) is 21.4. The summed E-state index contributed by atoms with van der Waals surface area (Å²) in [5, 5.41) is 16.5. The Hall–Kier alpha value is -5.41. The van der Waals surface area contributed by atoms with Gasteiger partial charge in [-0.3, -0.25) is 4.57 Å². The molecule has 45 heavy (non-hydrogen) atoms. The number of nitrogens with one attached hydrogen (secondary N) is 1. The van der Waals surface area contributed by atoms with Crippen LogP contribution in [0.3, 0.4) is 0 Å². The number of hydrogen-bond donors (Lipinski definition) is 1. The van der Waals surface area contributed by atoms with Gasteiger partial charge in [0.1, 0.15) is 5.69 Å². The summed E-state index contributed by atoms with van der Waals surface area (Å²) in [4.78, 5) is 30.0. The molecule has 0 radical (unpaired) electrons. The number of halogens is 3. The van der Waals surface area contributed by atoms with Gasteiger partial charge in [-0.2, -0.15) is 23.5 Å². The fraction of sp³-hybridized carbons (Fsp3) is 0.212. The average Bonchev–Trinajstić information content (AvgIpc) is 3.58. The molecule has 0 aliphatic heterocycles. The van der Waals surface area contributed by atoms with Crippen LogP contribution in [0.5, 0.6) is 0 Å². The molecule has 0 unspecified atom stereocenters. The topological polar surface area (TPSA) is 101 Å². The van der Waals surface area contributed by atoms with E-state index in [0.717, 1.165) is 38.9 Å². The van der Waals surface area contributed by atoms with Crippen LogP contribution in [0.25, 0.3) is 22.8 Å². The van der Waals surface area contributed by atoms with E-state index in [1.807, 2.05) is 43.3 Å². The third-order valence-electron chi connectivity index (χ3n) is 7.36. The maximum atomic E-state index is 14.0. The highest BCUT2D eigenvalue weighted by Crippen LogP contribution is 2.32. The van der Waals surface area contributed by atoms with Gasteiger partial charge in [0.25, 0.3) is 0 Å². The van der Waals surface area contributed by atoms with Gasteiger partial charge >= 0.3 is 17.9 Å². The minimum atomic E-state index is -4.64. The molecule has 230 valence electrons. The Bertz CT molecular complexity index is 1940. The Morgan fingerprint density at radius 1 is 1.02 bits per heavy atom. The van der Waals surface area contributed by atoms with E-state index in [1.165, 1.54) is 23.0 Å². The van der Waals surface area contributed by atoms with E-state index < -0.39 is 29.5 Å².